The average molecular weight is 440 g/mol. The minimum atomic E-state index is 0.640. The number of nitrogens with zero attached hydrogens (tertiary/aromatic N) is 5. The first-order valence-corrected chi connectivity index (χ1v) is 11.5. The molecule has 7 rings (SSSR count). The quantitative estimate of drug-likeness (QED) is 0.399. The molecule has 6 aromatic rings. The largest absolute Gasteiger partial charge is 0.310 e. The Morgan fingerprint density at radius 1 is 0.647 bits per heavy atom. The second-order valence-electron chi connectivity index (χ2n) is 8.49. The Bertz CT molecular complexity index is 1790. The normalized spacial score (nSPS) is 12.9. The van der Waals surface area contributed by atoms with E-state index in [1.165, 1.54) is 21.5 Å². The molecular weight excluding hydrogens is 418 g/mol. The number of imidazole rings is 1. The predicted octanol–water partition coefficient (Wildman–Crippen LogP) is 4.78. The van der Waals surface area contributed by atoms with Gasteiger partial charge in [-0.2, -0.15) is 0 Å². The Labute approximate surface area is 196 Å². The Kier molecular flexibility index (Phi) is 4.21. The van der Waals surface area contributed by atoms with E-state index in [1.807, 2.05) is 18.2 Å². The maximum Gasteiger partial charge on any atom is 0.198 e. The third-order valence-electron chi connectivity index (χ3n) is 6.50. The molecule has 162 valence electrons. The predicted molar refractivity (Wildman–Crippen MR) is 136 cm³/mol. The van der Waals surface area contributed by atoms with Gasteiger partial charge in [0.1, 0.15) is 5.82 Å². The Morgan fingerprint density at radius 2 is 1.38 bits per heavy atom. The number of aromatic nitrogens is 5. The summed E-state index contributed by atoms with van der Waals surface area (Å²) in [5.74, 6) is 0.832. The molecule has 0 N–H and O–H groups in total. The molecule has 0 radical (unpaired) electrons. The van der Waals surface area contributed by atoms with E-state index in [2.05, 4.69) is 91.9 Å². The minimum Gasteiger partial charge on any atom is -0.310 e. The molecule has 0 spiro atoms. The van der Waals surface area contributed by atoms with Crippen LogP contribution in [-0.4, -0.2) is 24.1 Å². The summed E-state index contributed by atoms with van der Waals surface area (Å²) >= 11 is 0. The fraction of sp³-hybridized carbons (Fsp3) is 0.0690. The van der Waals surface area contributed by atoms with E-state index >= 15 is 0 Å². The van der Waals surface area contributed by atoms with Crippen molar-refractivity contribution in [3.05, 3.63) is 102 Å². The summed E-state index contributed by atoms with van der Waals surface area (Å²) in [6.07, 6.45) is 10.3. The minimum absolute atomic E-state index is 0.640. The van der Waals surface area contributed by atoms with E-state index in [-0.39, 0.29) is 0 Å². The van der Waals surface area contributed by atoms with Gasteiger partial charge in [0.2, 0.25) is 0 Å². The van der Waals surface area contributed by atoms with Gasteiger partial charge in [-0.3, -0.25) is 4.57 Å². The topological polar surface area (TPSA) is 48.5 Å². The molecule has 1 aliphatic rings. The maximum absolute atomic E-state index is 4.84. The van der Waals surface area contributed by atoms with Crippen LogP contribution < -0.4 is 10.6 Å². The molecule has 0 fully saturated rings. The van der Waals surface area contributed by atoms with Crippen molar-refractivity contribution in [2.75, 3.05) is 0 Å². The van der Waals surface area contributed by atoms with Gasteiger partial charge in [-0.1, -0.05) is 48.6 Å². The Hall–Kier alpha value is -4.51. The van der Waals surface area contributed by atoms with Crippen molar-refractivity contribution in [2.24, 2.45) is 0 Å². The van der Waals surface area contributed by atoms with Crippen LogP contribution in [0.5, 0.6) is 0 Å². The summed E-state index contributed by atoms with van der Waals surface area (Å²) in [5, 5.41) is 3.93. The lowest BCUT2D eigenvalue weighted by Gasteiger charge is -2.11. The molecule has 0 bridgehead atoms. The van der Waals surface area contributed by atoms with Crippen LogP contribution in [0.2, 0.25) is 0 Å². The SMILES string of the molecule is C1=c2c(n(-c3ccc(-c4nc5nccnc5n4-c4ccccc4)cc3)c3ccccc23)=CCC1. The van der Waals surface area contributed by atoms with E-state index in [0.29, 0.717) is 5.65 Å². The first kappa shape index (κ1) is 19.0. The van der Waals surface area contributed by atoms with Crippen LogP contribution in [0, 0.1) is 0 Å². The first-order chi connectivity index (χ1) is 16.9. The van der Waals surface area contributed by atoms with Crippen LogP contribution >= 0.6 is 0 Å². The second kappa shape index (κ2) is 7.52. The van der Waals surface area contributed by atoms with Gasteiger partial charge in [0.05, 0.1) is 5.52 Å². The monoisotopic (exact) mass is 439 g/mol. The fourth-order valence-electron chi connectivity index (χ4n) is 5.01. The van der Waals surface area contributed by atoms with E-state index in [0.717, 1.165) is 41.3 Å². The lowest BCUT2D eigenvalue weighted by Crippen LogP contribution is -2.30. The number of hydrogen-bond acceptors (Lipinski definition) is 3. The zero-order valence-electron chi connectivity index (χ0n) is 18.5. The molecule has 0 saturated heterocycles. The Morgan fingerprint density at radius 3 is 2.26 bits per heavy atom. The van der Waals surface area contributed by atoms with E-state index in [9.17, 15) is 0 Å². The molecule has 3 heterocycles. The molecule has 0 unspecified atom stereocenters. The Balaban J connectivity index is 1.42. The van der Waals surface area contributed by atoms with Gasteiger partial charge in [-0.15, -0.1) is 0 Å². The van der Waals surface area contributed by atoms with Crippen molar-refractivity contribution in [3.63, 3.8) is 0 Å². The number of fused-ring (bicyclic) bond motifs is 4. The highest BCUT2D eigenvalue weighted by Crippen LogP contribution is 2.28. The van der Waals surface area contributed by atoms with Crippen molar-refractivity contribution in [1.29, 1.82) is 0 Å². The van der Waals surface area contributed by atoms with E-state index < -0.39 is 0 Å². The molecule has 0 amide bonds. The lowest BCUT2D eigenvalue weighted by atomic mass is 10.1. The van der Waals surface area contributed by atoms with E-state index in [4.69, 9.17) is 4.98 Å². The zero-order chi connectivity index (χ0) is 22.5. The fourth-order valence-corrected chi connectivity index (χ4v) is 5.01. The van der Waals surface area contributed by atoms with Crippen LogP contribution in [-0.2, 0) is 0 Å². The van der Waals surface area contributed by atoms with Gasteiger partial charge in [0.15, 0.2) is 11.3 Å². The van der Waals surface area contributed by atoms with Crippen LogP contribution in [0.25, 0.3) is 57.1 Å². The van der Waals surface area contributed by atoms with Crippen LogP contribution in [0.1, 0.15) is 12.8 Å². The summed E-state index contributed by atoms with van der Waals surface area (Å²) in [5.41, 5.74) is 5.81. The van der Waals surface area contributed by atoms with Crippen molar-refractivity contribution in [1.82, 2.24) is 24.1 Å². The zero-order valence-corrected chi connectivity index (χ0v) is 18.5. The molecule has 0 atom stereocenters. The van der Waals surface area contributed by atoms with Gasteiger partial charge >= 0.3 is 0 Å². The molecule has 3 aromatic heterocycles. The molecule has 0 aliphatic heterocycles. The van der Waals surface area contributed by atoms with Crippen molar-refractivity contribution in [3.8, 4) is 22.8 Å². The molecular formula is C29H21N5. The molecule has 1 aliphatic carbocycles. The molecule has 5 nitrogen and oxygen atoms in total. The highest BCUT2D eigenvalue weighted by Gasteiger charge is 2.17. The smallest absolute Gasteiger partial charge is 0.198 e. The maximum atomic E-state index is 4.84. The highest BCUT2D eigenvalue weighted by atomic mass is 15.2. The first-order valence-electron chi connectivity index (χ1n) is 11.5. The van der Waals surface area contributed by atoms with Crippen LogP contribution in [0.3, 0.4) is 0 Å². The van der Waals surface area contributed by atoms with Gasteiger partial charge in [-0.25, -0.2) is 15.0 Å². The summed E-state index contributed by atoms with van der Waals surface area (Å²) < 4.78 is 4.44. The number of para-hydroxylation sites is 2. The standard InChI is InChI=1S/C29H21N5/c1-2-8-21(9-3-1)34-28(32-27-29(34)31-19-18-30-27)20-14-16-22(17-15-20)33-25-12-6-4-10-23(25)24-11-5-7-13-26(24)33/h1-4,6,8-19H,5,7H2. The third kappa shape index (κ3) is 2.83. The second-order valence-corrected chi connectivity index (χ2v) is 8.49. The summed E-state index contributed by atoms with van der Waals surface area (Å²) in [6.45, 7) is 0. The van der Waals surface area contributed by atoms with Gasteiger partial charge in [0, 0.05) is 45.3 Å². The van der Waals surface area contributed by atoms with E-state index in [1.54, 1.807) is 12.4 Å². The van der Waals surface area contributed by atoms with Gasteiger partial charge < -0.3 is 4.57 Å². The summed E-state index contributed by atoms with van der Waals surface area (Å²) in [6, 6.07) is 27.5. The van der Waals surface area contributed by atoms with Gasteiger partial charge in [-0.05, 0) is 55.3 Å². The number of benzene rings is 3. The van der Waals surface area contributed by atoms with Crippen molar-refractivity contribution >= 4 is 34.3 Å². The molecule has 0 saturated carbocycles. The lowest BCUT2D eigenvalue weighted by molar-refractivity contribution is 1.02. The number of hydrogen-bond donors (Lipinski definition) is 0. The molecule has 34 heavy (non-hydrogen) atoms. The molecule has 5 heteroatoms. The highest BCUT2D eigenvalue weighted by molar-refractivity contribution is 5.84. The van der Waals surface area contributed by atoms with Crippen molar-refractivity contribution < 1.29 is 0 Å². The number of rotatable bonds is 3. The van der Waals surface area contributed by atoms with Crippen LogP contribution in [0.15, 0.2) is 91.3 Å². The molecule has 3 aromatic carbocycles. The summed E-state index contributed by atoms with van der Waals surface area (Å²) in [4.78, 5) is 13.9. The van der Waals surface area contributed by atoms with Crippen molar-refractivity contribution in [2.45, 2.75) is 12.8 Å². The van der Waals surface area contributed by atoms with Crippen LogP contribution in [0.4, 0.5) is 0 Å². The third-order valence-corrected chi connectivity index (χ3v) is 6.50. The average Bonchev–Trinajstić information content (AvgIpc) is 3.46. The van der Waals surface area contributed by atoms with Gasteiger partial charge in [0.25, 0.3) is 0 Å². The summed E-state index contributed by atoms with van der Waals surface area (Å²) in [7, 11) is 0.